The molecule has 3 rings (SSSR count). The Balaban J connectivity index is 1.55. The molecule has 0 atom stereocenters. The highest BCUT2D eigenvalue weighted by atomic mass is 16.2. The highest BCUT2D eigenvalue weighted by Gasteiger charge is 2.30. The van der Waals surface area contributed by atoms with Crippen molar-refractivity contribution in [3.05, 3.63) is 11.9 Å². The van der Waals surface area contributed by atoms with Crippen LogP contribution < -0.4 is 0 Å². The second-order valence-corrected chi connectivity index (χ2v) is 8.58. The molecule has 24 heavy (non-hydrogen) atoms. The highest BCUT2D eigenvalue weighted by molar-refractivity contribution is 5.78. The number of likely N-dealkylation sites (tertiary alicyclic amines) is 1. The van der Waals surface area contributed by atoms with E-state index in [-0.39, 0.29) is 11.3 Å². The molecule has 0 N–H and O–H groups in total. The summed E-state index contributed by atoms with van der Waals surface area (Å²) in [4.78, 5) is 14.9. The van der Waals surface area contributed by atoms with Crippen molar-refractivity contribution in [2.45, 2.75) is 83.6 Å². The Hall–Kier alpha value is -1.39. The first-order valence-electron chi connectivity index (χ1n) is 9.66. The van der Waals surface area contributed by atoms with E-state index in [1.165, 1.54) is 25.7 Å². The van der Waals surface area contributed by atoms with Crippen LogP contribution in [0.4, 0.5) is 0 Å². The fourth-order valence-electron chi connectivity index (χ4n) is 3.93. The van der Waals surface area contributed by atoms with E-state index < -0.39 is 0 Å². The lowest BCUT2D eigenvalue weighted by molar-refractivity contribution is -0.137. The number of hydrogen-bond acceptors (Lipinski definition) is 3. The van der Waals surface area contributed by atoms with Crippen LogP contribution in [0.25, 0.3) is 0 Å². The van der Waals surface area contributed by atoms with Crippen LogP contribution in [-0.4, -0.2) is 38.9 Å². The molecule has 5 heteroatoms. The van der Waals surface area contributed by atoms with Crippen LogP contribution in [0, 0.1) is 5.92 Å². The van der Waals surface area contributed by atoms with Crippen molar-refractivity contribution in [2.75, 3.05) is 13.1 Å². The summed E-state index contributed by atoms with van der Waals surface area (Å²) in [5, 5.41) is 8.67. The van der Waals surface area contributed by atoms with Gasteiger partial charge in [0.25, 0.3) is 0 Å². The third-order valence-corrected chi connectivity index (χ3v) is 5.63. The van der Waals surface area contributed by atoms with E-state index in [0.29, 0.717) is 11.9 Å². The summed E-state index contributed by atoms with van der Waals surface area (Å²) >= 11 is 0. The van der Waals surface area contributed by atoms with Gasteiger partial charge in [0, 0.05) is 30.6 Å². The average Bonchev–Trinajstić information content (AvgIpc) is 2.91. The van der Waals surface area contributed by atoms with E-state index in [1.807, 2.05) is 4.68 Å². The van der Waals surface area contributed by atoms with Gasteiger partial charge in [-0.15, -0.1) is 5.10 Å². The number of hydrogen-bond donors (Lipinski definition) is 0. The first kappa shape index (κ1) is 17.4. The normalized spacial score (nSPS) is 21.7. The monoisotopic (exact) mass is 332 g/mol. The Kier molecular flexibility index (Phi) is 5.26. The molecule has 0 aromatic carbocycles. The minimum atomic E-state index is 0.0361. The molecular weight excluding hydrogens is 300 g/mol. The number of piperidine rings is 1. The van der Waals surface area contributed by atoms with Crippen LogP contribution >= 0.6 is 0 Å². The zero-order valence-corrected chi connectivity index (χ0v) is 15.5. The van der Waals surface area contributed by atoms with Crippen molar-refractivity contribution < 1.29 is 4.79 Å². The lowest BCUT2D eigenvalue weighted by Gasteiger charge is -2.34. The molecule has 134 valence electrons. The molecule has 1 aliphatic heterocycles. The molecule has 1 aromatic rings. The Labute approximate surface area is 145 Å². The second kappa shape index (κ2) is 7.24. The first-order valence-corrected chi connectivity index (χ1v) is 9.66. The zero-order chi connectivity index (χ0) is 17.2. The summed E-state index contributed by atoms with van der Waals surface area (Å²) in [5.74, 6) is 0.687. The molecule has 0 unspecified atom stereocenters. The molecule has 1 saturated carbocycles. The topological polar surface area (TPSA) is 51.0 Å². The van der Waals surface area contributed by atoms with Gasteiger partial charge in [-0.05, 0) is 25.7 Å². The van der Waals surface area contributed by atoms with Crippen LogP contribution in [0.15, 0.2) is 6.20 Å². The summed E-state index contributed by atoms with van der Waals surface area (Å²) < 4.78 is 2.02. The number of carbonyl (C=O) groups excluding carboxylic acids is 1. The quantitative estimate of drug-likeness (QED) is 0.776. The summed E-state index contributed by atoms with van der Waals surface area (Å²) in [6.07, 6.45) is 11.3. The summed E-state index contributed by atoms with van der Waals surface area (Å²) in [7, 11) is 0. The predicted molar refractivity (Wildman–Crippen MR) is 94.8 cm³/mol. The minimum absolute atomic E-state index is 0.0361. The average molecular weight is 332 g/mol. The first-order chi connectivity index (χ1) is 11.4. The van der Waals surface area contributed by atoms with Gasteiger partial charge in [0.05, 0.1) is 11.7 Å². The third-order valence-electron chi connectivity index (χ3n) is 5.63. The van der Waals surface area contributed by atoms with Crippen LogP contribution in [0.3, 0.4) is 0 Å². The summed E-state index contributed by atoms with van der Waals surface area (Å²) in [6, 6.07) is 0.381. The van der Waals surface area contributed by atoms with Gasteiger partial charge in [0.15, 0.2) is 0 Å². The fraction of sp³-hybridized carbons (Fsp3) is 0.842. The molecule has 1 amide bonds. The maximum atomic E-state index is 12.8. The maximum absolute atomic E-state index is 12.8. The molecule has 0 bridgehead atoms. The van der Waals surface area contributed by atoms with Gasteiger partial charge in [0.2, 0.25) is 5.91 Å². The molecule has 0 radical (unpaired) electrons. The summed E-state index contributed by atoms with van der Waals surface area (Å²) in [6.45, 7) is 8.22. The van der Waals surface area contributed by atoms with Gasteiger partial charge in [0.1, 0.15) is 0 Å². The van der Waals surface area contributed by atoms with Gasteiger partial charge in [-0.1, -0.05) is 51.7 Å². The maximum Gasteiger partial charge on any atom is 0.225 e. The molecule has 2 fully saturated rings. The van der Waals surface area contributed by atoms with Crippen molar-refractivity contribution >= 4 is 5.91 Å². The van der Waals surface area contributed by atoms with Crippen molar-refractivity contribution in [1.82, 2.24) is 19.9 Å². The Bertz CT molecular complexity index is 544. The van der Waals surface area contributed by atoms with Gasteiger partial charge in [-0.25, -0.2) is 4.68 Å². The highest BCUT2D eigenvalue weighted by Crippen LogP contribution is 2.29. The number of aromatic nitrogens is 3. The summed E-state index contributed by atoms with van der Waals surface area (Å²) in [5.41, 5.74) is 1.08. The van der Waals surface area contributed by atoms with Gasteiger partial charge in [-0.2, -0.15) is 0 Å². The molecule has 5 nitrogen and oxygen atoms in total. The van der Waals surface area contributed by atoms with E-state index in [2.05, 4.69) is 42.2 Å². The molecular formula is C19H32N4O. The van der Waals surface area contributed by atoms with Crippen molar-refractivity contribution in [1.29, 1.82) is 0 Å². The van der Waals surface area contributed by atoms with Crippen LogP contribution in [-0.2, 0) is 10.2 Å². The van der Waals surface area contributed by atoms with Crippen molar-refractivity contribution in [3.8, 4) is 0 Å². The van der Waals surface area contributed by atoms with Gasteiger partial charge in [-0.3, -0.25) is 4.79 Å². The fourth-order valence-corrected chi connectivity index (χ4v) is 3.93. The van der Waals surface area contributed by atoms with Gasteiger partial charge >= 0.3 is 0 Å². The van der Waals surface area contributed by atoms with E-state index >= 15 is 0 Å². The lowest BCUT2D eigenvalue weighted by Crippen LogP contribution is -2.42. The molecule has 1 saturated heterocycles. The Morgan fingerprint density at radius 3 is 2.21 bits per heavy atom. The van der Waals surface area contributed by atoms with E-state index in [1.54, 1.807) is 0 Å². The zero-order valence-electron chi connectivity index (χ0n) is 15.5. The number of rotatable bonds is 2. The smallest absolute Gasteiger partial charge is 0.225 e. The predicted octanol–water partition coefficient (Wildman–Crippen LogP) is 3.71. The van der Waals surface area contributed by atoms with Crippen molar-refractivity contribution in [2.24, 2.45) is 5.92 Å². The molecule has 1 aliphatic carbocycles. The van der Waals surface area contributed by atoms with Gasteiger partial charge < -0.3 is 4.90 Å². The largest absolute Gasteiger partial charge is 0.342 e. The minimum Gasteiger partial charge on any atom is -0.342 e. The number of nitrogens with zero attached hydrogens (tertiary/aromatic N) is 4. The van der Waals surface area contributed by atoms with Crippen molar-refractivity contribution in [3.63, 3.8) is 0 Å². The third kappa shape index (κ3) is 3.98. The van der Waals surface area contributed by atoms with E-state index in [4.69, 9.17) is 0 Å². The molecule has 2 heterocycles. The van der Waals surface area contributed by atoms with Crippen LogP contribution in [0.1, 0.15) is 83.9 Å². The lowest BCUT2D eigenvalue weighted by atomic mass is 9.93. The molecule has 2 aliphatic rings. The molecule has 0 spiro atoms. The van der Waals surface area contributed by atoms with Crippen LogP contribution in [0.5, 0.6) is 0 Å². The standard InChI is InChI=1S/C19H32N4O/c1-19(2,3)17-14-23(21-20-17)16-10-12-22(13-11-16)18(24)15-8-6-4-5-7-9-15/h14-16H,4-13H2,1-3H3. The Morgan fingerprint density at radius 2 is 1.67 bits per heavy atom. The number of carbonyl (C=O) groups is 1. The second-order valence-electron chi connectivity index (χ2n) is 8.58. The van der Waals surface area contributed by atoms with Crippen LogP contribution in [0.2, 0.25) is 0 Å². The SMILES string of the molecule is CC(C)(C)c1cn(C2CCN(C(=O)C3CCCCCC3)CC2)nn1. The van der Waals surface area contributed by atoms with E-state index in [0.717, 1.165) is 44.5 Å². The van der Waals surface area contributed by atoms with E-state index in [9.17, 15) is 4.79 Å². The Morgan fingerprint density at radius 1 is 1.04 bits per heavy atom. The molecule has 1 aromatic heterocycles. The number of amides is 1.